The third kappa shape index (κ3) is 1.10. The second-order valence-corrected chi connectivity index (χ2v) is 2.96. The van der Waals surface area contributed by atoms with E-state index in [1.165, 1.54) is 12.8 Å². The minimum atomic E-state index is 0.661. The van der Waals surface area contributed by atoms with Gasteiger partial charge in [-0.15, -0.1) is 0 Å². The Hall–Kier alpha value is 0.310. The molecule has 0 radical (unpaired) electrons. The van der Waals surface area contributed by atoms with Gasteiger partial charge in [-0.25, -0.2) is 0 Å². The predicted octanol–water partition coefficient (Wildman–Crippen LogP) is 0.654. The second-order valence-electron chi connectivity index (χ2n) is 2.23. The van der Waals surface area contributed by atoms with Gasteiger partial charge in [0.2, 0.25) is 0 Å². The van der Waals surface area contributed by atoms with Gasteiger partial charge in [-0.3, -0.25) is 0 Å². The molecule has 0 bridgehead atoms. The van der Waals surface area contributed by atoms with Crippen molar-refractivity contribution in [2.45, 2.75) is 18.1 Å². The van der Waals surface area contributed by atoms with Crippen molar-refractivity contribution in [2.24, 2.45) is 11.7 Å². The SMILES string of the molecule is NCC1CC(S)C1. The molecule has 1 rings (SSSR count). The predicted molar refractivity (Wildman–Crippen MR) is 34.6 cm³/mol. The summed E-state index contributed by atoms with van der Waals surface area (Å²) in [4.78, 5) is 0. The molecule has 2 heteroatoms. The van der Waals surface area contributed by atoms with E-state index in [1.807, 2.05) is 0 Å². The average molecular weight is 117 g/mol. The Morgan fingerprint density at radius 3 is 2.29 bits per heavy atom. The van der Waals surface area contributed by atoms with Gasteiger partial charge in [-0.1, -0.05) is 0 Å². The molecule has 42 valence electrons. The van der Waals surface area contributed by atoms with Crippen molar-refractivity contribution < 1.29 is 0 Å². The maximum Gasteiger partial charge on any atom is 0.00230 e. The Bertz CT molecular complexity index is 59.1. The standard InChI is InChI=1S/C5H11NS/c6-3-4-1-5(7)2-4/h4-5,7H,1-3,6H2. The molecule has 0 spiro atoms. The quantitative estimate of drug-likeness (QED) is 0.485. The van der Waals surface area contributed by atoms with E-state index < -0.39 is 0 Å². The molecule has 0 heterocycles. The van der Waals surface area contributed by atoms with Gasteiger partial charge in [-0.2, -0.15) is 12.6 Å². The fraction of sp³-hybridized carbons (Fsp3) is 1.00. The summed E-state index contributed by atoms with van der Waals surface area (Å²) in [5, 5.41) is 0.661. The van der Waals surface area contributed by atoms with E-state index >= 15 is 0 Å². The van der Waals surface area contributed by atoms with Gasteiger partial charge in [-0.05, 0) is 25.3 Å². The molecule has 1 saturated carbocycles. The lowest BCUT2D eigenvalue weighted by molar-refractivity contribution is 0.340. The van der Waals surface area contributed by atoms with E-state index in [1.54, 1.807) is 0 Å². The van der Waals surface area contributed by atoms with E-state index in [9.17, 15) is 0 Å². The average Bonchev–Trinajstić information content (AvgIpc) is 1.58. The molecule has 1 nitrogen and oxygen atoms in total. The topological polar surface area (TPSA) is 26.0 Å². The summed E-state index contributed by atoms with van der Waals surface area (Å²) in [6.07, 6.45) is 2.47. The van der Waals surface area contributed by atoms with Crippen molar-refractivity contribution in [2.75, 3.05) is 6.54 Å². The minimum Gasteiger partial charge on any atom is -0.330 e. The lowest BCUT2D eigenvalue weighted by Gasteiger charge is -2.30. The van der Waals surface area contributed by atoms with Crippen molar-refractivity contribution >= 4 is 12.6 Å². The van der Waals surface area contributed by atoms with Crippen LogP contribution in [-0.2, 0) is 0 Å². The van der Waals surface area contributed by atoms with Crippen molar-refractivity contribution in [3.63, 3.8) is 0 Å². The van der Waals surface area contributed by atoms with Crippen LogP contribution in [0.5, 0.6) is 0 Å². The molecule has 1 aliphatic rings. The lowest BCUT2D eigenvalue weighted by atomic mass is 9.85. The Morgan fingerprint density at radius 2 is 2.14 bits per heavy atom. The third-order valence-electron chi connectivity index (χ3n) is 1.54. The van der Waals surface area contributed by atoms with Gasteiger partial charge < -0.3 is 5.73 Å². The molecule has 0 atom stereocenters. The van der Waals surface area contributed by atoms with E-state index in [0.717, 1.165) is 12.5 Å². The van der Waals surface area contributed by atoms with Gasteiger partial charge in [0, 0.05) is 5.25 Å². The zero-order chi connectivity index (χ0) is 5.28. The summed E-state index contributed by atoms with van der Waals surface area (Å²) < 4.78 is 0. The highest BCUT2D eigenvalue weighted by Crippen LogP contribution is 2.29. The summed E-state index contributed by atoms with van der Waals surface area (Å²) in [7, 11) is 0. The normalized spacial score (nSPS) is 40.3. The van der Waals surface area contributed by atoms with Crippen LogP contribution in [0.25, 0.3) is 0 Å². The van der Waals surface area contributed by atoms with Crippen LogP contribution in [0.4, 0.5) is 0 Å². The van der Waals surface area contributed by atoms with Crippen LogP contribution in [0.15, 0.2) is 0 Å². The van der Waals surface area contributed by atoms with Gasteiger partial charge in [0.05, 0.1) is 0 Å². The molecule has 0 aromatic rings. The monoisotopic (exact) mass is 117 g/mol. The number of hydrogen-bond acceptors (Lipinski definition) is 2. The number of hydrogen-bond donors (Lipinski definition) is 2. The van der Waals surface area contributed by atoms with Crippen LogP contribution in [0.3, 0.4) is 0 Å². The molecule has 0 aliphatic heterocycles. The summed E-state index contributed by atoms with van der Waals surface area (Å²) in [5.41, 5.74) is 5.36. The van der Waals surface area contributed by atoms with Gasteiger partial charge in [0.1, 0.15) is 0 Å². The fourth-order valence-electron chi connectivity index (χ4n) is 0.893. The van der Waals surface area contributed by atoms with Crippen LogP contribution in [0, 0.1) is 5.92 Å². The highest BCUT2D eigenvalue weighted by atomic mass is 32.1. The molecule has 0 aromatic heterocycles. The van der Waals surface area contributed by atoms with Crippen molar-refractivity contribution in [1.82, 2.24) is 0 Å². The van der Waals surface area contributed by atoms with Gasteiger partial charge in [0.15, 0.2) is 0 Å². The highest BCUT2D eigenvalue weighted by molar-refractivity contribution is 7.81. The minimum absolute atomic E-state index is 0.661. The van der Waals surface area contributed by atoms with Crippen molar-refractivity contribution in [3.05, 3.63) is 0 Å². The Labute approximate surface area is 49.7 Å². The molecule has 1 aliphatic carbocycles. The Kier molecular flexibility index (Phi) is 1.60. The zero-order valence-corrected chi connectivity index (χ0v) is 5.20. The first kappa shape index (κ1) is 5.45. The first-order valence-electron chi connectivity index (χ1n) is 2.71. The molecule has 0 unspecified atom stereocenters. The molecule has 2 N–H and O–H groups in total. The van der Waals surface area contributed by atoms with Gasteiger partial charge >= 0.3 is 0 Å². The van der Waals surface area contributed by atoms with Crippen LogP contribution in [-0.4, -0.2) is 11.8 Å². The highest BCUT2D eigenvalue weighted by Gasteiger charge is 2.23. The number of thiol groups is 1. The van der Waals surface area contributed by atoms with E-state index in [0.29, 0.717) is 5.25 Å². The second kappa shape index (κ2) is 2.05. The Balaban J connectivity index is 2.06. The van der Waals surface area contributed by atoms with Gasteiger partial charge in [0.25, 0.3) is 0 Å². The summed E-state index contributed by atoms with van der Waals surface area (Å²) in [6, 6.07) is 0. The zero-order valence-electron chi connectivity index (χ0n) is 4.30. The van der Waals surface area contributed by atoms with Crippen LogP contribution >= 0.6 is 12.6 Å². The van der Waals surface area contributed by atoms with E-state index in [-0.39, 0.29) is 0 Å². The first-order valence-corrected chi connectivity index (χ1v) is 3.22. The van der Waals surface area contributed by atoms with E-state index in [4.69, 9.17) is 5.73 Å². The first-order chi connectivity index (χ1) is 3.33. The van der Waals surface area contributed by atoms with E-state index in [2.05, 4.69) is 12.6 Å². The molecule has 7 heavy (non-hydrogen) atoms. The molecule has 0 aromatic carbocycles. The molecule has 1 fully saturated rings. The molecule has 0 saturated heterocycles. The van der Waals surface area contributed by atoms with Crippen LogP contribution in [0.2, 0.25) is 0 Å². The summed E-state index contributed by atoms with van der Waals surface area (Å²) in [5.74, 6) is 0.794. The smallest absolute Gasteiger partial charge is 0.00230 e. The number of rotatable bonds is 1. The third-order valence-corrected chi connectivity index (χ3v) is 1.97. The van der Waals surface area contributed by atoms with Crippen LogP contribution < -0.4 is 5.73 Å². The maximum atomic E-state index is 5.36. The maximum absolute atomic E-state index is 5.36. The van der Waals surface area contributed by atoms with Crippen LogP contribution in [0.1, 0.15) is 12.8 Å². The molecular weight excluding hydrogens is 106 g/mol. The van der Waals surface area contributed by atoms with Crippen molar-refractivity contribution in [3.8, 4) is 0 Å². The largest absolute Gasteiger partial charge is 0.330 e. The molecule has 0 amide bonds. The lowest BCUT2D eigenvalue weighted by Crippen LogP contribution is -2.30. The summed E-state index contributed by atoms with van der Waals surface area (Å²) >= 11 is 4.24. The molecular formula is C5H11NS. The Morgan fingerprint density at radius 1 is 1.57 bits per heavy atom. The summed E-state index contributed by atoms with van der Waals surface area (Å²) in [6.45, 7) is 0.858. The number of nitrogens with two attached hydrogens (primary N) is 1. The van der Waals surface area contributed by atoms with Crippen molar-refractivity contribution in [1.29, 1.82) is 0 Å². The fourth-order valence-corrected chi connectivity index (χ4v) is 1.49.